The van der Waals surface area contributed by atoms with E-state index in [9.17, 15) is 5.11 Å². The van der Waals surface area contributed by atoms with Crippen molar-refractivity contribution in [2.45, 2.75) is 19.1 Å². The lowest BCUT2D eigenvalue weighted by molar-refractivity contribution is 0.153. The normalized spacial score (nSPS) is 15.1. The molecule has 0 fully saturated rings. The molecule has 3 nitrogen and oxygen atoms in total. The Morgan fingerprint density at radius 1 is 1.31 bits per heavy atom. The summed E-state index contributed by atoms with van der Waals surface area (Å²) in [7, 11) is 1.61. The van der Waals surface area contributed by atoms with Crippen LogP contribution in [-0.2, 0) is 0 Å². The van der Waals surface area contributed by atoms with Crippen LogP contribution >= 0.6 is 0 Å². The molecule has 0 aliphatic rings. The number of hydrogen-bond donors (Lipinski definition) is 2. The van der Waals surface area contributed by atoms with Gasteiger partial charge in [0.15, 0.2) is 0 Å². The number of aliphatic hydroxyl groups excluding tert-OH is 1. The molecule has 0 aliphatic carbocycles. The molecule has 0 aliphatic heterocycles. The van der Waals surface area contributed by atoms with Gasteiger partial charge in [-0.3, -0.25) is 0 Å². The van der Waals surface area contributed by atoms with Gasteiger partial charge >= 0.3 is 0 Å². The Bertz CT molecular complexity index is 256. The fraction of sp³-hybridized carbons (Fsp3) is 0.400. The maximum Gasteiger partial charge on any atom is 0.118 e. The lowest BCUT2D eigenvalue weighted by Crippen LogP contribution is -2.24. The van der Waals surface area contributed by atoms with Gasteiger partial charge in [-0.15, -0.1) is 0 Å². The molecule has 3 N–H and O–H groups in total. The van der Waals surface area contributed by atoms with E-state index in [1.54, 1.807) is 26.2 Å². The fourth-order valence-corrected chi connectivity index (χ4v) is 1.10. The standard InChI is InChI=1S/C10H15NO2/c1-7(11)10(12)8-3-5-9(13-2)6-4-8/h3-7,10,12H,11H2,1-2H3/t7?,10-/m1/s1. The van der Waals surface area contributed by atoms with Gasteiger partial charge in [-0.05, 0) is 24.6 Å². The molecule has 1 aromatic carbocycles. The van der Waals surface area contributed by atoms with Crippen LogP contribution < -0.4 is 10.5 Å². The number of rotatable bonds is 3. The number of benzene rings is 1. The van der Waals surface area contributed by atoms with Crippen LogP contribution in [0, 0.1) is 0 Å². The number of methoxy groups -OCH3 is 1. The average Bonchev–Trinajstić information content (AvgIpc) is 2.17. The van der Waals surface area contributed by atoms with Crippen LogP contribution in [0.2, 0.25) is 0 Å². The third-order valence-electron chi connectivity index (χ3n) is 1.96. The van der Waals surface area contributed by atoms with Crippen LogP contribution in [-0.4, -0.2) is 18.3 Å². The van der Waals surface area contributed by atoms with Gasteiger partial charge in [0, 0.05) is 6.04 Å². The van der Waals surface area contributed by atoms with Crippen molar-refractivity contribution >= 4 is 0 Å². The van der Waals surface area contributed by atoms with Crippen molar-refractivity contribution in [1.82, 2.24) is 0 Å². The average molecular weight is 181 g/mol. The Morgan fingerprint density at radius 3 is 2.23 bits per heavy atom. The molecule has 0 radical (unpaired) electrons. The van der Waals surface area contributed by atoms with E-state index in [0.717, 1.165) is 11.3 Å². The fourth-order valence-electron chi connectivity index (χ4n) is 1.10. The molecule has 0 amide bonds. The van der Waals surface area contributed by atoms with E-state index >= 15 is 0 Å². The van der Waals surface area contributed by atoms with Crippen molar-refractivity contribution in [3.8, 4) is 5.75 Å². The minimum atomic E-state index is -0.606. The summed E-state index contributed by atoms with van der Waals surface area (Å²) < 4.78 is 5.00. The Hall–Kier alpha value is -1.06. The Labute approximate surface area is 78.1 Å². The largest absolute Gasteiger partial charge is 0.497 e. The van der Waals surface area contributed by atoms with Gasteiger partial charge in [0.05, 0.1) is 13.2 Å². The van der Waals surface area contributed by atoms with Gasteiger partial charge in [0.25, 0.3) is 0 Å². The molecule has 1 rings (SSSR count). The smallest absolute Gasteiger partial charge is 0.118 e. The van der Waals surface area contributed by atoms with Gasteiger partial charge in [-0.1, -0.05) is 12.1 Å². The predicted molar refractivity (Wildman–Crippen MR) is 51.6 cm³/mol. The summed E-state index contributed by atoms with van der Waals surface area (Å²) >= 11 is 0. The number of ether oxygens (including phenoxy) is 1. The monoisotopic (exact) mass is 181 g/mol. The molecule has 1 aromatic rings. The van der Waals surface area contributed by atoms with E-state index in [1.165, 1.54) is 0 Å². The molecule has 0 saturated carbocycles. The molecule has 0 spiro atoms. The lowest BCUT2D eigenvalue weighted by Gasteiger charge is -2.14. The van der Waals surface area contributed by atoms with E-state index in [1.807, 2.05) is 12.1 Å². The zero-order valence-corrected chi connectivity index (χ0v) is 7.90. The summed E-state index contributed by atoms with van der Waals surface area (Å²) in [6.07, 6.45) is -0.606. The van der Waals surface area contributed by atoms with Gasteiger partial charge in [-0.2, -0.15) is 0 Å². The molecular formula is C10H15NO2. The SMILES string of the molecule is COc1ccc([C@H](O)C(C)N)cc1. The van der Waals surface area contributed by atoms with Crippen LogP contribution in [0.3, 0.4) is 0 Å². The topological polar surface area (TPSA) is 55.5 Å². The predicted octanol–water partition coefficient (Wildman–Crippen LogP) is 1.08. The molecule has 13 heavy (non-hydrogen) atoms. The van der Waals surface area contributed by atoms with Gasteiger partial charge in [0.1, 0.15) is 5.75 Å². The zero-order valence-electron chi connectivity index (χ0n) is 7.90. The summed E-state index contributed by atoms with van der Waals surface area (Å²) in [5.74, 6) is 0.778. The van der Waals surface area contributed by atoms with Crippen molar-refractivity contribution in [2.75, 3.05) is 7.11 Å². The highest BCUT2D eigenvalue weighted by Gasteiger charge is 2.11. The highest BCUT2D eigenvalue weighted by Crippen LogP contribution is 2.18. The van der Waals surface area contributed by atoms with Crippen LogP contribution in [0.5, 0.6) is 5.75 Å². The first-order valence-electron chi connectivity index (χ1n) is 4.22. The second kappa shape index (κ2) is 4.25. The van der Waals surface area contributed by atoms with Crippen LogP contribution in [0.25, 0.3) is 0 Å². The van der Waals surface area contributed by atoms with E-state index in [-0.39, 0.29) is 6.04 Å². The lowest BCUT2D eigenvalue weighted by atomic mass is 10.0. The Balaban J connectivity index is 2.79. The summed E-state index contributed by atoms with van der Waals surface area (Å²) in [6, 6.07) is 6.98. The van der Waals surface area contributed by atoms with Gasteiger partial charge in [0.2, 0.25) is 0 Å². The summed E-state index contributed by atoms with van der Waals surface area (Å²) in [6.45, 7) is 1.77. The maximum absolute atomic E-state index is 9.60. The molecular weight excluding hydrogens is 166 g/mol. The van der Waals surface area contributed by atoms with E-state index in [2.05, 4.69) is 0 Å². The van der Waals surface area contributed by atoms with Gasteiger partial charge in [-0.25, -0.2) is 0 Å². The first-order valence-corrected chi connectivity index (χ1v) is 4.22. The van der Waals surface area contributed by atoms with Crippen molar-refractivity contribution in [1.29, 1.82) is 0 Å². The van der Waals surface area contributed by atoms with Crippen LogP contribution in [0.15, 0.2) is 24.3 Å². The van der Waals surface area contributed by atoms with Crippen LogP contribution in [0.1, 0.15) is 18.6 Å². The maximum atomic E-state index is 9.60. The Morgan fingerprint density at radius 2 is 1.85 bits per heavy atom. The van der Waals surface area contributed by atoms with Crippen molar-refractivity contribution in [3.05, 3.63) is 29.8 Å². The van der Waals surface area contributed by atoms with E-state index in [0.29, 0.717) is 0 Å². The molecule has 0 aromatic heterocycles. The highest BCUT2D eigenvalue weighted by atomic mass is 16.5. The molecule has 72 valence electrons. The summed E-state index contributed by atoms with van der Waals surface area (Å²) in [5, 5.41) is 9.60. The van der Waals surface area contributed by atoms with Gasteiger partial charge < -0.3 is 15.6 Å². The van der Waals surface area contributed by atoms with Crippen molar-refractivity contribution in [2.24, 2.45) is 5.73 Å². The minimum absolute atomic E-state index is 0.256. The second-order valence-electron chi connectivity index (χ2n) is 3.08. The number of aliphatic hydroxyl groups is 1. The number of hydrogen-bond acceptors (Lipinski definition) is 3. The molecule has 0 heterocycles. The minimum Gasteiger partial charge on any atom is -0.497 e. The Kier molecular flexibility index (Phi) is 3.28. The summed E-state index contributed by atoms with van der Waals surface area (Å²) in [5.41, 5.74) is 6.37. The third kappa shape index (κ3) is 2.44. The summed E-state index contributed by atoms with van der Waals surface area (Å²) in [4.78, 5) is 0. The first-order chi connectivity index (χ1) is 6.15. The van der Waals surface area contributed by atoms with Crippen molar-refractivity contribution in [3.63, 3.8) is 0 Å². The van der Waals surface area contributed by atoms with Crippen molar-refractivity contribution < 1.29 is 9.84 Å². The third-order valence-corrected chi connectivity index (χ3v) is 1.96. The van der Waals surface area contributed by atoms with Crippen LogP contribution in [0.4, 0.5) is 0 Å². The number of nitrogens with two attached hydrogens (primary N) is 1. The highest BCUT2D eigenvalue weighted by molar-refractivity contribution is 5.28. The van der Waals surface area contributed by atoms with E-state index in [4.69, 9.17) is 10.5 Å². The molecule has 2 atom stereocenters. The molecule has 3 heteroatoms. The first kappa shape index (κ1) is 10.0. The molecule has 0 bridgehead atoms. The molecule has 1 unspecified atom stereocenters. The van der Waals surface area contributed by atoms with E-state index < -0.39 is 6.10 Å². The molecule has 0 saturated heterocycles. The quantitative estimate of drug-likeness (QED) is 0.733. The second-order valence-corrected chi connectivity index (χ2v) is 3.08. The zero-order chi connectivity index (χ0) is 9.84.